The number of carbonyl (C=O) groups is 4. The van der Waals surface area contributed by atoms with Gasteiger partial charge in [-0.1, -0.05) is 32.0 Å². The minimum absolute atomic E-state index is 0.0519. The Labute approximate surface area is 236 Å². The predicted molar refractivity (Wildman–Crippen MR) is 154 cm³/mol. The average Bonchev–Trinajstić information content (AvgIpc) is 3.59. The highest BCUT2D eigenvalue weighted by Crippen LogP contribution is 2.19. The maximum absolute atomic E-state index is 13.4. The van der Waals surface area contributed by atoms with Crippen molar-refractivity contribution in [2.75, 3.05) is 12.0 Å². The monoisotopic (exact) mass is 571 g/mol. The van der Waals surface area contributed by atoms with Crippen LogP contribution in [0.5, 0.6) is 0 Å². The Bertz CT molecular complexity index is 1290. The molecule has 4 unspecified atom stereocenters. The number of nitrogens with zero attached hydrogens (tertiary/aromatic N) is 1. The van der Waals surface area contributed by atoms with Crippen LogP contribution in [0.4, 0.5) is 0 Å². The predicted octanol–water partition coefficient (Wildman–Crippen LogP) is 0.952. The molecule has 40 heavy (non-hydrogen) atoms. The molecule has 0 radical (unpaired) electrons. The molecule has 0 aliphatic heterocycles. The molecule has 0 bridgehead atoms. The summed E-state index contributed by atoms with van der Waals surface area (Å²) in [6.07, 6.45) is 7.21. The van der Waals surface area contributed by atoms with E-state index in [1.165, 1.54) is 12.5 Å². The molecule has 13 heteroatoms. The molecule has 3 aromatic rings. The summed E-state index contributed by atoms with van der Waals surface area (Å²) in [5, 5.41) is 18.7. The van der Waals surface area contributed by atoms with E-state index in [1.807, 2.05) is 30.5 Å². The fraction of sp³-hybridized carbons (Fsp3) is 0.444. The summed E-state index contributed by atoms with van der Waals surface area (Å²) in [4.78, 5) is 61.4. The van der Waals surface area contributed by atoms with Crippen LogP contribution in [0.15, 0.2) is 43.0 Å². The fourth-order valence-electron chi connectivity index (χ4n) is 4.25. The van der Waals surface area contributed by atoms with Crippen molar-refractivity contribution in [3.8, 4) is 0 Å². The lowest BCUT2D eigenvalue weighted by Crippen LogP contribution is -2.59. The van der Waals surface area contributed by atoms with Gasteiger partial charge >= 0.3 is 5.97 Å². The Hall–Kier alpha value is -3.84. The standard InChI is InChI=1S/C27H37N7O5S/c1-15(2)23(26(37)33-22(27(38)39)10-16-12-30-20-7-5-4-6-18(16)20)34-25(36)21(11-17-13-29-14-31-17)32-24(35)19(28)8-9-40-3/h4-7,12-15,19,21-23,30H,8-11,28H2,1-3H3,(H,29,31)(H,32,35)(H,33,37)(H,34,36)(H,38,39). The topological polar surface area (TPSA) is 195 Å². The molecule has 0 saturated heterocycles. The van der Waals surface area contributed by atoms with E-state index in [2.05, 4.69) is 30.9 Å². The summed E-state index contributed by atoms with van der Waals surface area (Å²) >= 11 is 1.56. The molecular formula is C27H37N7O5S. The first-order valence-corrected chi connectivity index (χ1v) is 14.4. The molecule has 1 aromatic carbocycles. The van der Waals surface area contributed by atoms with E-state index in [0.29, 0.717) is 17.9 Å². The Morgan fingerprint density at radius 2 is 1.73 bits per heavy atom. The van der Waals surface area contributed by atoms with Crippen molar-refractivity contribution in [2.45, 2.75) is 57.3 Å². The summed E-state index contributed by atoms with van der Waals surface area (Å²) < 4.78 is 0. The molecule has 8 N–H and O–H groups in total. The summed E-state index contributed by atoms with van der Waals surface area (Å²) in [6, 6.07) is 3.37. The van der Waals surface area contributed by atoms with Gasteiger partial charge < -0.3 is 36.8 Å². The first kappa shape index (κ1) is 30.7. The number of nitrogens with one attached hydrogen (secondary N) is 5. The lowest BCUT2D eigenvalue weighted by Gasteiger charge is -2.27. The van der Waals surface area contributed by atoms with Crippen LogP contribution in [0.25, 0.3) is 10.9 Å². The van der Waals surface area contributed by atoms with Crippen LogP contribution in [-0.2, 0) is 32.0 Å². The molecule has 0 spiro atoms. The second-order valence-corrected chi connectivity index (χ2v) is 10.9. The van der Waals surface area contributed by atoms with E-state index in [4.69, 9.17) is 5.73 Å². The van der Waals surface area contributed by atoms with E-state index in [1.54, 1.807) is 31.8 Å². The van der Waals surface area contributed by atoms with Gasteiger partial charge in [-0.25, -0.2) is 9.78 Å². The zero-order valence-corrected chi connectivity index (χ0v) is 23.6. The van der Waals surface area contributed by atoms with Crippen LogP contribution in [0.3, 0.4) is 0 Å². The second-order valence-electron chi connectivity index (χ2n) is 9.92. The lowest BCUT2D eigenvalue weighted by molar-refractivity contribution is -0.142. The number of hydrogen-bond donors (Lipinski definition) is 7. The number of fused-ring (bicyclic) bond motifs is 1. The minimum atomic E-state index is -1.22. The Kier molecular flexibility index (Phi) is 11.1. The van der Waals surface area contributed by atoms with Crippen molar-refractivity contribution in [1.29, 1.82) is 0 Å². The lowest BCUT2D eigenvalue weighted by atomic mass is 10.00. The Balaban J connectivity index is 1.73. The maximum atomic E-state index is 13.4. The van der Waals surface area contributed by atoms with Crippen LogP contribution < -0.4 is 21.7 Å². The van der Waals surface area contributed by atoms with Crippen molar-refractivity contribution in [3.05, 3.63) is 54.2 Å². The molecule has 3 rings (SSSR count). The Morgan fingerprint density at radius 3 is 2.38 bits per heavy atom. The molecule has 216 valence electrons. The SMILES string of the molecule is CSCCC(N)C(=O)NC(Cc1cnc[nH]1)C(=O)NC(C(=O)NC(Cc1c[nH]c2ccccc12)C(=O)O)C(C)C. The smallest absolute Gasteiger partial charge is 0.326 e. The number of benzene rings is 1. The van der Waals surface area contributed by atoms with Gasteiger partial charge in [-0.3, -0.25) is 14.4 Å². The van der Waals surface area contributed by atoms with E-state index in [9.17, 15) is 24.3 Å². The number of imidazole rings is 1. The summed E-state index contributed by atoms with van der Waals surface area (Å²) in [6.45, 7) is 3.47. The number of carbonyl (C=O) groups excluding carboxylic acids is 3. The van der Waals surface area contributed by atoms with Gasteiger partial charge in [0.05, 0.1) is 12.4 Å². The number of amides is 3. The van der Waals surface area contributed by atoms with Gasteiger partial charge in [0.15, 0.2) is 0 Å². The molecule has 0 aliphatic rings. The third kappa shape index (κ3) is 8.33. The summed E-state index contributed by atoms with van der Waals surface area (Å²) in [7, 11) is 0. The van der Waals surface area contributed by atoms with Crippen LogP contribution in [-0.4, -0.2) is 79.9 Å². The second kappa shape index (κ2) is 14.5. The third-order valence-electron chi connectivity index (χ3n) is 6.54. The number of hydrogen-bond acceptors (Lipinski definition) is 7. The van der Waals surface area contributed by atoms with E-state index < -0.39 is 47.9 Å². The number of aromatic nitrogens is 3. The molecule has 3 amide bonds. The van der Waals surface area contributed by atoms with Crippen molar-refractivity contribution in [3.63, 3.8) is 0 Å². The zero-order chi connectivity index (χ0) is 29.2. The van der Waals surface area contributed by atoms with Gasteiger partial charge in [0, 0.05) is 41.8 Å². The number of H-pyrrole nitrogens is 2. The van der Waals surface area contributed by atoms with Crippen LogP contribution in [0, 0.1) is 5.92 Å². The van der Waals surface area contributed by atoms with Gasteiger partial charge in [0.25, 0.3) is 0 Å². The Morgan fingerprint density at radius 1 is 1.00 bits per heavy atom. The molecule has 0 aliphatic carbocycles. The quantitative estimate of drug-likeness (QED) is 0.140. The van der Waals surface area contributed by atoms with Gasteiger partial charge in [0.2, 0.25) is 17.7 Å². The highest BCUT2D eigenvalue weighted by atomic mass is 32.2. The summed E-state index contributed by atoms with van der Waals surface area (Å²) in [5.41, 5.74) is 8.21. The van der Waals surface area contributed by atoms with Gasteiger partial charge in [-0.05, 0) is 36.0 Å². The molecule has 2 heterocycles. The largest absolute Gasteiger partial charge is 0.480 e. The average molecular weight is 572 g/mol. The van der Waals surface area contributed by atoms with Crippen molar-refractivity contribution < 1.29 is 24.3 Å². The van der Waals surface area contributed by atoms with Gasteiger partial charge in [-0.2, -0.15) is 11.8 Å². The van der Waals surface area contributed by atoms with Crippen LogP contribution in [0.2, 0.25) is 0 Å². The molecule has 2 aromatic heterocycles. The first-order valence-electron chi connectivity index (χ1n) is 13.0. The number of nitrogens with two attached hydrogens (primary N) is 1. The fourth-order valence-corrected chi connectivity index (χ4v) is 4.74. The number of para-hydroxylation sites is 1. The van der Waals surface area contributed by atoms with E-state index in [0.717, 1.165) is 16.5 Å². The number of carboxylic acid groups (broad SMARTS) is 1. The normalized spacial score (nSPS) is 14.3. The highest BCUT2D eigenvalue weighted by Gasteiger charge is 2.32. The van der Waals surface area contributed by atoms with Crippen molar-refractivity contribution in [1.82, 2.24) is 30.9 Å². The number of rotatable bonds is 15. The molecular weight excluding hydrogens is 534 g/mol. The minimum Gasteiger partial charge on any atom is -0.480 e. The van der Waals surface area contributed by atoms with Crippen LogP contribution >= 0.6 is 11.8 Å². The number of carboxylic acids is 1. The summed E-state index contributed by atoms with van der Waals surface area (Å²) in [5.74, 6) is -2.61. The highest BCUT2D eigenvalue weighted by molar-refractivity contribution is 7.98. The number of aromatic amines is 2. The number of thioether (sulfide) groups is 1. The first-order chi connectivity index (χ1) is 19.1. The van der Waals surface area contributed by atoms with Gasteiger partial charge in [0.1, 0.15) is 18.1 Å². The molecule has 12 nitrogen and oxygen atoms in total. The number of aliphatic carboxylic acids is 1. The zero-order valence-electron chi connectivity index (χ0n) is 22.8. The van der Waals surface area contributed by atoms with E-state index >= 15 is 0 Å². The van der Waals surface area contributed by atoms with Crippen LogP contribution in [0.1, 0.15) is 31.5 Å². The molecule has 0 fully saturated rings. The molecule has 0 saturated carbocycles. The van der Waals surface area contributed by atoms with Crippen molar-refractivity contribution in [2.24, 2.45) is 11.7 Å². The maximum Gasteiger partial charge on any atom is 0.326 e. The molecule has 4 atom stereocenters. The third-order valence-corrected chi connectivity index (χ3v) is 7.19. The van der Waals surface area contributed by atoms with Gasteiger partial charge in [-0.15, -0.1) is 0 Å². The van der Waals surface area contributed by atoms with E-state index in [-0.39, 0.29) is 18.8 Å². The van der Waals surface area contributed by atoms with Crippen molar-refractivity contribution >= 4 is 46.4 Å².